The number of pyridine rings is 1. The Morgan fingerprint density at radius 2 is 2.13 bits per heavy atom. The van der Waals surface area contributed by atoms with Crippen LogP contribution in [0.3, 0.4) is 0 Å². The Morgan fingerprint density at radius 1 is 1.27 bits per heavy atom. The second-order valence-electron chi connectivity index (χ2n) is 3.22. The Hall–Kier alpha value is -1.81. The van der Waals surface area contributed by atoms with Crippen molar-refractivity contribution in [2.75, 3.05) is 18.9 Å². The number of anilines is 1. The van der Waals surface area contributed by atoms with Crippen LogP contribution in [0.4, 0.5) is 5.82 Å². The molecule has 0 saturated carbocycles. The number of rotatable bonds is 3. The van der Waals surface area contributed by atoms with Crippen LogP contribution >= 0.6 is 0 Å². The summed E-state index contributed by atoms with van der Waals surface area (Å²) in [5.41, 5.74) is 11.1. The minimum Gasteiger partial charge on any atom is -0.492 e. The fourth-order valence-corrected chi connectivity index (χ4v) is 1.44. The van der Waals surface area contributed by atoms with Gasteiger partial charge in [-0.25, -0.2) is 4.98 Å². The summed E-state index contributed by atoms with van der Waals surface area (Å²) in [6.07, 6.45) is 1.69. The monoisotopic (exact) mass is 203 g/mol. The van der Waals surface area contributed by atoms with E-state index in [0.29, 0.717) is 19.0 Å². The van der Waals surface area contributed by atoms with Gasteiger partial charge in [-0.1, -0.05) is 6.07 Å². The lowest BCUT2D eigenvalue weighted by Crippen LogP contribution is -2.10. The maximum atomic E-state index is 5.76. The van der Waals surface area contributed by atoms with Crippen LogP contribution in [0.5, 0.6) is 5.75 Å². The fraction of sp³-hybridized carbons (Fsp3) is 0.182. The maximum Gasteiger partial charge on any atom is 0.131 e. The molecule has 2 rings (SSSR count). The first-order valence-electron chi connectivity index (χ1n) is 4.78. The molecule has 0 spiro atoms. The average Bonchev–Trinajstić information content (AvgIpc) is 2.27. The second kappa shape index (κ2) is 4.14. The molecule has 15 heavy (non-hydrogen) atoms. The van der Waals surface area contributed by atoms with Gasteiger partial charge >= 0.3 is 0 Å². The summed E-state index contributed by atoms with van der Waals surface area (Å²) in [5, 5.41) is 1.97. The molecule has 0 radical (unpaired) electrons. The van der Waals surface area contributed by atoms with Crippen molar-refractivity contribution in [1.29, 1.82) is 0 Å². The van der Waals surface area contributed by atoms with Gasteiger partial charge in [-0.3, -0.25) is 0 Å². The van der Waals surface area contributed by atoms with Crippen molar-refractivity contribution >= 4 is 16.6 Å². The molecular formula is C11H13N3O. The van der Waals surface area contributed by atoms with E-state index >= 15 is 0 Å². The zero-order valence-electron chi connectivity index (χ0n) is 8.31. The van der Waals surface area contributed by atoms with Crippen molar-refractivity contribution in [3.8, 4) is 5.75 Å². The van der Waals surface area contributed by atoms with E-state index < -0.39 is 0 Å². The number of aromatic nitrogens is 1. The first-order valence-corrected chi connectivity index (χ1v) is 4.78. The molecule has 4 nitrogen and oxygen atoms in total. The molecule has 0 atom stereocenters. The van der Waals surface area contributed by atoms with E-state index in [-0.39, 0.29) is 0 Å². The summed E-state index contributed by atoms with van der Waals surface area (Å²) in [6, 6.07) is 7.66. The van der Waals surface area contributed by atoms with Gasteiger partial charge in [0.2, 0.25) is 0 Å². The topological polar surface area (TPSA) is 74.2 Å². The van der Waals surface area contributed by atoms with Gasteiger partial charge in [0.25, 0.3) is 0 Å². The molecule has 0 aliphatic heterocycles. The second-order valence-corrected chi connectivity index (χ2v) is 3.22. The lowest BCUT2D eigenvalue weighted by atomic mass is 10.1. The van der Waals surface area contributed by atoms with Crippen LogP contribution in [0.25, 0.3) is 10.8 Å². The Morgan fingerprint density at radius 3 is 2.93 bits per heavy atom. The minimum atomic E-state index is 0.501. The molecular weight excluding hydrogens is 190 g/mol. The van der Waals surface area contributed by atoms with E-state index in [4.69, 9.17) is 16.2 Å². The summed E-state index contributed by atoms with van der Waals surface area (Å²) >= 11 is 0. The summed E-state index contributed by atoms with van der Waals surface area (Å²) in [7, 11) is 0. The Labute approximate surface area is 87.9 Å². The van der Waals surface area contributed by atoms with E-state index in [9.17, 15) is 0 Å². The maximum absolute atomic E-state index is 5.76. The van der Waals surface area contributed by atoms with Crippen LogP contribution in [0.2, 0.25) is 0 Å². The highest BCUT2D eigenvalue weighted by Gasteiger charge is 2.00. The Kier molecular flexibility index (Phi) is 2.69. The molecule has 0 unspecified atom stereocenters. The van der Waals surface area contributed by atoms with E-state index in [1.165, 1.54) is 0 Å². The van der Waals surface area contributed by atoms with Crippen molar-refractivity contribution < 1.29 is 4.74 Å². The number of fused-ring (bicyclic) bond motifs is 1. The van der Waals surface area contributed by atoms with Gasteiger partial charge in [0, 0.05) is 18.1 Å². The van der Waals surface area contributed by atoms with Crippen LogP contribution in [-0.2, 0) is 0 Å². The fourth-order valence-electron chi connectivity index (χ4n) is 1.44. The van der Waals surface area contributed by atoms with Gasteiger partial charge in [-0.05, 0) is 23.6 Å². The SMILES string of the molecule is NCCOc1ccc2ccnc(N)c2c1. The zero-order chi connectivity index (χ0) is 10.7. The number of nitrogens with zero attached hydrogens (tertiary/aromatic N) is 1. The summed E-state index contributed by atoms with van der Waals surface area (Å²) in [4.78, 5) is 4.03. The Balaban J connectivity index is 2.41. The van der Waals surface area contributed by atoms with Gasteiger partial charge in [0.1, 0.15) is 18.2 Å². The molecule has 2 aromatic rings. The van der Waals surface area contributed by atoms with Crippen molar-refractivity contribution in [2.24, 2.45) is 5.73 Å². The smallest absolute Gasteiger partial charge is 0.131 e. The largest absolute Gasteiger partial charge is 0.492 e. The van der Waals surface area contributed by atoms with Gasteiger partial charge < -0.3 is 16.2 Å². The molecule has 1 aromatic carbocycles. The number of benzene rings is 1. The summed E-state index contributed by atoms with van der Waals surface area (Å²) in [5.74, 6) is 1.29. The molecule has 0 amide bonds. The van der Waals surface area contributed by atoms with Crippen LogP contribution in [0.15, 0.2) is 30.5 Å². The summed E-state index contributed by atoms with van der Waals surface area (Å²) in [6.45, 7) is 1.01. The summed E-state index contributed by atoms with van der Waals surface area (Å²) < 4.78 is 5.41. The Bertz CT molecular complexity index is 470. The number of hydrogen-bond acceptors (Lipinski definition) is 4. The van der Waals surface area contributed by atoms with Crippen LogP contribution in [0.1, 0.15) is 0 Å². The molecule has 0 bridgehead atoms. The molecule has 0 fully saturated rings. The molecule has 1 heterocycles. The molecule has 0 aliphatic carbocycles. The zero-order valence-corrected chi connectivity index (χ0v) is 8.31. The van der Waals surface area contributed by atoms with Crippen LogP contribution < -0.4 is 16.2 Å². The molecule has 0 aliphatic rings. The number of nitrogens with two attached hydrogens (primary N) is 2. The number of hydrogen-bond donors (Lipinski definition) is 2. The van der Waals surface area contributed by atoms with Crippen molar-refractivity contribution in [1.82, 2.24) is 4.98 Å². The quantitative estimate of drug-likeness (QED) is 0.784. The first-order chi connectivity index (χ1) is 7.31. The van der Waals surface area contributed by atoms with Crippen LogP contribution in [0, 0.1) is 0 Å². The first kappa shape index (κ1) is 9.73. The van der Waals surface area contributed by atoms with Crippen molar-refractivity contribution in [3.05, 3.63) is 30.5 Å². The van der Waals surface area contributed by atoms with Gasteiger partial charge in [-0.2, -0.15) is 0 Å². The van der Waals surface area contributed by atoms with Gasteiger partial charge in [-0.15, -0.1) is 0 Å². The van der Waals surface area contributed by atoms with E-state index in [0.717, 1.165) is 16.5 Å². The highest BCUT2D eigenvalue weighted by molar-refractivity contribution is 5.91. The molecule has 0 saturated heterocycles. The number of nitrogen functional groups attached to an aromatic ring is 1. The molecule has 4 heteroatoms. The third kappa shape index (κ3) is 1.99. The molecule has 78 valence electrons. The molecule has 1 aromatic heterocycles. The van der Waals surface area contributed by atoms with Crippen molar-refractivity contribution in [2.45, 2.75) is 0 Å². The van der Waals surface area contributed by atoms with E-state index in [2.05, 4.69) is 4.98 Å². The molecule has 4 N–H and O–H groups in total. The highest BCUT2D eigenvalue weighted by Crippen LogP contribution is 2.23. The number of ether oxygens (including phenoxy) is 1. The van der Waals surface area contributed by atoms with Crippen molar-refractivity contribution in [3.63, 3.8) is 0 Å². The van der Waals surface area contributed by atoms with Gasteiger partial charge in [0.15, 0.2) is 0 Å². The standard InChI is InChI=1S/C11H13N3O/c12-4-6-15-9-2-1-8-3-5-14-11(13)10(8)7-9/h1-3,5,7H,4,6,12H2,(H2,13,14). The lowest BCUT2D eigenvalue weighted by molar-refractivity contribution is 0.329. The average molecular weight is 203 g/mol. The van der Waals surface area contributed by atoms with E-state index in [1.54, 1.807) is 6.20 Å². The third-order valence-electron chi connectivity index (χ3n) is 2.16. The van der Waals surface area contributed by atoms with Crippen LogP contribution in [-0.4, -0.2) is 18.1 Å². The minimum absolute atomic E-state index is 0.501. The van der Waals surface area contributed by atoms with Gasteiger partial charge in [0.05, 0.1) is 0 Å². The predicted octanol–water partition coefficient (Wildman–Crippen LogP) is 1.15. The third-order valence-corrected chi connectivity index (χ3v) is 2.16. The normalized spacial score (nSPS) is 10.5. The highest BCUT2D eigenvalue weighted by atomic mass is 16.5. The predicted molar refractivity (Wildman–Crippen MR) is 60.7 cm³/mol. The lowest BCUT2D eigenvalue weighted by Gasteiger charge is -2.06. The van der Waals surface area contributed by atoms with E-state index in [1.807, 2.05) is 24.3 Å².